The number of carbonyl (C=O) groups is 1. The molecule has 0 bridgehead atoms. The Hall–Kier alpha value is -2.30. The maximum absolute atomic E-state index is 13.3. The Bertz CT molecular complexity index is 634. The number of anilines is 1. The van der Waals surface area contributed by atoms with E-state index in [0.29, 0.717) is 24.0 Å². The highest BCUT2D eigenvalue weighted by Crippen LogP contribution is 2.33. The normalized spacial score (nSPS) is 19.3. The van der Waals surface area contributed by atoms with E-state index in [1.165, 1.54) is 0 Å². The van der Waals surface area contributed by atoms with E-state index in [4.69, 9.17) is 5.41 Å². The van der Waals surface area contributed by atoms with Gasteiger partial charge in [-0.25, -0.2) is 0 Å². The van der Waals surface area contributed by atoms with E-state index in [1.54, 1.807) is 18.1 Å². The van der Waals surface area contributed by atoms with E-state index in [-0.39, 0.29) is 5.91 Å². The van der Waals surface area contributed by atoms with Crippen LogP contribution in [0.25, 0.3) is 0 Å². The van der Waals surface area contributed by atoms with E-state index in [2.05, 4.69) is 19.2 Å². The van der Waals surface area contributed by atoms with Gasteiger partial charge < -0.3 is 10.2 Å². The molecule has 130 valence electrons. The molecule has 0 aliphatic carbocycles. The van der Waals surface area contributed by atoms with Gasteiger partial charge in [-0.3, -0.25) is 15.1 Å². The van der Waals surface area contributed by atoms with Gasteiger partial charge in [0.2, 0.25) is 0 Å². The first kappa shape index (κ1) is 18.0. The number of hydrogen-bond donors (Lipinski definition) is 2. The predicted molar refractivity (Wildman–Crippen MR) is 99.0 cm³/mol. The molecule has 1 saturated heterocycles. The van der Waals surface area contributed by atoms with E-state index < -0.39 is 5.54 Å². The second kappa shape index (κ2) is 7.07. The number of piperazine rings is 1. The second-order valence-corrected chi connectivity index (χ2v) is 7.04. The van der Waals surface area contributed by atoms with Crippen LogP contribution in [-0.4, -0.2) is 35.8 Å². The fourth-order valence-corrected chi connectivity index (χ4v) is 2.90. The van der Waals surface area contributed by atoms with Crippen LogP contribution in [0.2, 0.25) is 0 Å². The third kappa shape index (κ3) is 3.30. The molecule has 1 amide bonds. The molecule has 0 radical (unpaired) electrons. The molecule has 1 heterocycles. The summed E-state index contributed by atoms with van der Waals surface area (Å²) >= 11 is 0. The van der Waals surface area contributed by atoms with Gasteiger partial charge in [0.25, 0.3) is 5.91 Å². The minimum absolute atomic E-state index is 0.0186. The second-order valence-electron chi connectivity index (χ2n) is 7.04. The van der Waals surface area contributed by atoms with Crippen LogP contribution < -0.4 is 10.2 Å². The van der Waals surface area contributed by atoms with Crippen molar-refractivity contribution in [1.29, 1.82) is 5.41 Å². The lowest BCUT2D eigenvalue weighted by molar-refractivity contribution is -0.127. The highest BCUT2D eigenvalue weighted by atomic mass is 16.2. The van der Waals surface area contributed by atoms with Gasteiger partial charge in [-0.15, -0.1) is 0 Å². The van der Waals surface area contributed by atoms with E-state index in [0.717, 1.165) is 12.1 Å². The summed E-state index contributed by atoms with van der Waals surface area (Å²) in [5, 5.41) is 11.7. The lowest BCUT2D eigenvalue weighted by atomic mass is 9.93. The van der Waals surface area contributed by atoms with Crippen LogP contribution in [0.5, 0.6) is 0 Å². The van der Waals surface area contributed by atoms with Gasteiger partial charge in [-0.05, 0) is 38.3 Å². The Balaban J connectivity index is 2.47. The number of hydrogen-bond acceptors (Lipinski definition) is 3. The Morgan fingerprint density at radius 1 is 1.25 bits per heavy atom. The quantitative estimate of drug-likeness (QED) is 0.872. The van der Waals surface area contributed by atoms with Gasteiger partial charge in [0, 0.05) is 25.5 Å². The van der Waals surface area contributed by atoms with Gasteiger partial charge in [0.05, 0.1) is 0 Å². The van der Waals surface area contributed by atoms with Crippen molar-refractivity contribution in [3.63, 3.8) is 0 Å². The maximum atomic E-state index is 13.3. The molecule has 5 heteroatoms. The van der Waals surface area contributed by atoms with Crippen molar-refractivity contribution in [2.24, 2.45) is 5.92 Å². The number of nitrogens with zero attached hydrogens (tertiary/aromatic N) is 2. The molecule has 24 heavy (non-hydrogen) atoms. The zero-order valence-electron chi connectivity index (χ0n) is 15.3. The lowest BCUT2D eigenvalue weighted by Crippen LogP contribution is -2.64. The van der Waals surface area contributed by atoms with Gasteiger partial charge in [-0.2, -0.15) is 0 Å². The zero-order valence-corrected chi connectivity index (χ0v) is 15.3. The molecule has 1 aromatic carbocycles. The first-order chi connectivity index (χ1) is 11.3. The van der Waals surface area contributed by atoms with E-state index in [1.807, 2.05) is 49.1 Å². The van der Waals surface area contributed by atoms with Crippen molar-refractivity contribution in [1.82, 2.24) is 10.2 Å². The van der Waals surface area contributed by atoms with Crippen LogP contribution in [0.15, 0.2) is 42.2 Å². The summed E-state index contributed by atoms with van der Waals surface area (Å²) < 4.78 is 0. The third-order valence-electron chi connectivity index (χ3n) is 4.38. The number of amides is 1. The Morgan fingerprint density at radius 3 is 2.42 bits per heavy atom. The summed E-state index contributed by atoms with van der Waals surface area (Å²) in [7, 11) is 1.78. The molecule has 0 saturated carbocycles. The van der Waals surface area contributed by atoms with Crippen molar-refractivity contribution in [3.8, 4) is 0 Å². The molecular weight excluding hydrogens is 300 g/mol. The van der Waals surface area contributed by atoms with E-state index >= 15 is 0 Å². The smallest absolute Gasteiger partial charge is 0.257 e. The minimum atomic E-state index is -0.757. The molecule has 2 N–H and O–H groups in total. The summed E-state index contributed by atoms with van der Waals surface area (Å²) in [5.41, 5.74) is 0.606. The largest absolute Gasteiger partial charge is 0.392 e. The molecule has 0 unspecified atom stereocenters. The molecule has 1 aliphatic rings. The first-order valence-electron chi connectivity index (χ1n) is 8.44. The summed E-state index contributed by atoms with van der Waals surface area (Å²) in [4.78, 5) is 16.8. The number of carbonyl (C=O) groups excluding carboxylic acids is 1. The van der Waals surface area contributed by atoms with Crippen molar-refractivity contribution in [2.75, 3.05) is 18.5 Å². The Labute approximate surface area is 144 Å². The molecule has 1 aromatic rings. The molecule has 0 aromatic heterocycles. The number of amidine groups is 1. The molecule has 5 nitrogen and oxygen atoms in total. The Morgan fingerprint density at radius 2 is 1.88 bits per heavy atom. The standard InChI is InChI=1S/C19H28N4O/c1-14(2)11-12-22-17(20)16(13-21-5)23(18(24)19(22,3)4)15-9-7-6-8-10-15/h6-10,13-14,20-21H,11-12H2,1-5H3/b16-13+,20-17?. The minimum Gasteiger partial charge on any atom is -0.392 e. The molecule has 1 aliphatic heterocycles. The van der Waals surface area contributed by atoms with Crippen molar-refractivity contribution < 1.29 is 4.79 Å². The van der Waals surface area contributed by atoms with Crippen LogP contribution in [0.3, 0.4) is 0 Å². The van der Waals surface area contributed by atoms with Gasteiger partial charge in [-0.1, -0.05) is 32.0 Å². The van der Waals surface area contributed by atoms with Crippen LogP contribution in [-0.2, 0) is 4.79 Å². The number of rotatable bonds is 5. The van der Waals surface area contributed by atoms with Crippen molar-refractivity contribution in [2.45, 2.75) is 39.7 Å². The third-order valence-corrected chi connectivity index (χ3v) is 4.38. The lowest BCUT2D eigenvalue weighted by Gasteiger charge is -2.48. The number of benzene rings is 1. The summed E-state index contributed by atoms with van der Waals surface area (Å²) in [6.45, 7) is 8.80. The van der Waals surface area contributed by atoms with Gasteiger partial charge >= 0.3 is 0 Å². The molecule has 2 rings (SSSR count). The predicted octanol–water partition coefficient (Wildman–Crippen LogP) is 3.20. The Kier molecular flexibility index (Phi) is 5.32. The van der Waals surface area contributed by atoms with Crippen LogP contribution in [0.1, 0.15) is 34.1 Å². The average molecular weight is 328 g/mol. The molecule has 1 fully saturated rings. The van der Waals surface area contributed by atoms with Crippen molar-refractivity contribution in [3.05, 3.63) is 42.2 Å². The van der Waals surface area contributed by atoms with E-state index in [9.17, 15) is 4.79 Å². The highest BCUT2D eigenvalue weighted by molar-refractivity contribution is 6.17. The molecular formula is C19H28N4O. The summed E-state index contributed by atoms with van der Waals surface area (Å²) in [6, 6.07) is 9.52. The number of nitrogens with one attached hydrogen (secondary N) is 2. The topological polar surface area (TPSA) is 59.4 Å². The fraction of sp³-hybridized carbons (Fsp3) is 0.474. The summed E-state index contributed by atoms with van der Waals surface area (Å²) in [5.74, 6) is 0.876. The SMILES string of the molecule is CN/C=C1\C(=N)N(CCC(C)C)C(C)(C)C(=O)N1c1ccccc1. The summed E-state index contributed by atoms with van der Waals surface area (Å²) in [6.07, 6.45) is 2.67. The van der Waals surface area contributed by atoms with Gasteiger partial charge in [0.1, 0.15) is 17.1 Å². The van der Waals surface area contributed by atoms with Crippen molar-refractivity contribution >= 4 is 17.4 Å². The van der Waals surface area contributed by atoms with Gasteiger partial charge in [0.15, 0.2) is 0 Å². The molecule has 0 atom stereocenters. The monoisotopic (exact) mass is 328 g/mol. The maximum Gasteiger partial charge on any atom is 0.257 e. The first-order valence-corrected chi connectivity index (χ1v) is 8.44. The molecule has 0 spiro atoms. The number of para-hydroxylation sites is 1. The fourth-order valence-electron chi connectivity index (χ4n) is 2.90. The highest BCUT2D eigenvalue weighted by Gasteiger charge is 2.47. The van der Waals surface area contributed by atoms with Crippen LogP contribution in [0, 0.1) is 11.3 Å². The average Bonchev–Trinajstić information content (AvgIpc) is 2.53. The zero-order chi connectivity index (χ0) is 17.9. The van der Waals surface area contributed by atoms with Crippen LogP contribution >= 0.6 is 0 Å². The van der Waals surface area contributed by atoms with Crippen LogP contribution in [0.4, 0.5) is 5.69 Å².